The van der Waals surface area contributed by atoms with Gasteiger partial charge in [0.1, 0.15) is 5.82 Å². The summed E-state index contributed by atoms with van der Waals surface area (Å²) in [7, 11) is 0. The van der Waals surface area contributed by atoms with Gasteiger partial charge in [0.15, 0.2) is 5.82 Å². The third kappa shape index (κ3) is 1.96. The fourth-order valence-corrected chi connectivity index (χ4v) is 2.15. The van der Waals surface area contributed by atoms with Crippen LogP contribution in [0.5, 0.6) is 0 Å². The van der Waals surface area contributed by atoms with Gasteiger partial charge in [-0.25, -0.2) is 9.67 Å². The first-order valence-corrected chi connectivity index (χ1v) is 5.99. The predicted octanol–water partition coefficient (Wildman–Crippen LogP) is 1.53. The molecule has 4 heteroatoms. The maximum absolute atomic E-state index is 5.94. The van der Waals surface area contributed by atoms with Crippen molar-refractivity contribution in [3.05, 3.63) is 35.7 Å². The molecule has 0 fully saturated rings. The molecule has 1 aliphatic heterocycles. The van der Waals surface area contributed by atoms with E-state index in [4.69, 9.17) is 5.73 Å². The van der Waals surface area contributed by atoms with Crippen LogP contribution in [0.4, 0.5) is 0 Å². The van der Waals surface area contributed by atoms with Crippen LogP contribution < -0.4 is 5.73 Å². The van der Waals surface area contributed by atoms with Crippen molar-refractivity contribution in [1.29, 1.82) is 0 Å². The van der Waals surface area contributed by atoms with Gasteiger partial charge in [0.2, 0.25) is 0 Å². The number of nitrogens with two attached hydrogens (primary N) is 1. The molecule has 1 atom stereocenters. The van der Waals surface area contributed by atoms with Crippen LogP contribution in [-0.4, -0.2) is 20.8 Å². The Hall–Kier alpha value is -1.68. The van der Waals surface area contributed by atoms with Crippen LogP contribution in [0.25, 0.3) is 11.4 Å². The Bertz CT molecular complexity index is 527. The van der Waals surface area contributed by atoms with Crippen molar-refractivity contribution in [2.75, 3.05) is 0 Å². The highest BCUT2D eigenvalue weighted by molar-refractivity contribution is 5.55. The van der Waals surface area contributed by atoms with Gasteiger partial charge in [-0.3, -0.25) is 0 Å². The van der Waals surface area contributed by atoms with Crippen LogP contribution in [0.15, 0.2) is 24.3 Å². The molecule has 0 radical (unpaired) electrons. The Morgan fingerprint density at radius 3 is 2.82 bits per heavy atom. The van der Waals surface area contributed by atoms with E-state index in [2.05, 4.69) is 41.3 Å². The lowest BCUT2D eigenvalue weighted by Crippen LogP contribution is -2.31. The second kappa shape index (κ2) is 3.96. The number of fused-ring (bicyclic) bond motifs is 1. The first-order valence-electron chi connectivity index (χ1n) is 5.99. The third-order valence-electron chi connectivity index (χ3n) is 3.21. The van der Waals surface area contributed by atoms with Crippen LogP contribution in [0.2, 0.25) is 0 Å². The second-order valence-electron chi connectivity index (χ2n) is 4.69. The molecule has 0 amide bonds. The number of hydrogen-bond donors (Lipinski definition) is 1. The van der Waals surface area contributed by atoms with Gasteiger partial charge in [0, 0.05) is 24.6 Å². The maximum atomic E-state index is 5.94. The van der Waals surface area contributed by atoms with Gasteiger partial charge in [-0.1, -0.05) is 29.8 Å². The van der Waals surface area contributed by atoms with Gasteiger partial charge in [-0.05, 0) is 13.3 Å². The summed E-state index contributed by atoms with van der Waals surface area (Å²) in [6.45, 7) is 2.96. The molecule has 0 saturated carbocycles. The topological polar surface area (TPSA) is 56.7 Å². The molecule has 2 N–H and O–H groups in total. The van der Waals surface area contributed by atoms with Crippen molar-refractivity contribution in [3.8, 4) is 11.4 Å². The van der Waals surface area contributed by atoms with E-state index in [0.717, 1.165) is 36.6 Å². The van der Waals surface area contributed by atoms with Gasteiger partial charge < -0.3 is 5.73 Å². The van der Waals surface area contributed by atoms with E-state index in [9.17, 15) is 0 Å². The molecule has 1 aromatic carbocycles. The maximum Gasteiger partial charge on any atom is 0.181 e. The Morgan fingerprint density at radius 2 is 2.06 bits per heavy atom. The summed E-state index contributed by atoms with van der Waals surface area (Å²) in [6, 6.07) is 8.53. The summed E-state index contributed by atoms with van der Waals surface area (Å²) in [5.74, 6) is 1.83. The lowest BCUT2D eigenvalue weighted by Gasteiger charge is -2.17. The van der Waals surface area contributed by atoms with Gasteiger partial charge in [-0.2, -0.15) is 5.10 Å². The molecule has 1 unspecified atom stereocenters. The number of aromatic nitrogens is 3. The monoisotopic (exact) mass is 228 g/mol. The minimum Gasteiger partial charge on any atom is -0.327 e. The van der Waals surface area contributed by atoms with E-state index in [1.165, 1.54) is 5.56 Å². The summed E-state index contributed by atoms with van der Waals surface area (Å²) in [5, 5.41) is 4.54. The highest BCUT2D eigenvalue weighted by atomic mass is 15.4. The molecule has 1 aliphatic rings. The summed E-state index contributed by atoms with van der Waals surface area (Å²) < 4.78 is 1.98. The molecule has 17 heavy (non-hydrogen) atoms. The summed E-state index contributed by atoms with van der Waals surface area (Å²) in [4.78, 5) is 4.57. The van der Waals surface area contributed by atoms with E-state index in [-0.39, 0.29) is 6.04 Å². The number of benzene rings is 1. The number of hydrogen-bond acceptors (Lipinski definition) is 3. The van der Waals surface area contributed by atoms with Gasteiger partial charge in [-0.15, -0.1) is 0 Å². The zero-order chi connectivity index (χ0) is 11.8. The standard InChI is InChI=1S/C13H16N4/c1-9-2-4-10(5-3-9)13-15-12-8-11(14)6-7-17(12)16-13/h2-5,11H,6-8,14H2,1H3. The zero-order valence-corrected chi connectivity index (χ0v) is 9.93. The minimum absolute atomic E-state index is 0.234. The molecule has 2 aromatic rings. The largest absolute Gasteiger partial charge is 0.327 e. The summed E-state index contributed by atoms with van der Waals surface area (Å²) in [6.07, 6.45) is 1.82. The summed E-state index contributed by atoms with van der Waals surface area (Å²) >= 11 is 0. The van der Waals surface area contributed by atoms with E-state index >= 15 is 0 Å². The van der Waals surface area contributed by atoms with Crippen LogP contribution in [0.3, 0.4) is 0 Å². The van der Waals surface area contributed by atoms with Crippen molar-refractivity contribution < 1.29 is 0 Å². The first kappa shape index (κ1) is 10.5. The van der Waals surface area contributed by atoms with Crippen molar-refractivity contribution in [2.45, 2.75) is 32.4 Å². The van der Waals surface area contributed by atoms with Crippen molar-refractivity contribution in [3.63, 3.8) is 0 Å². The van der Waals surface area contributed by atoms with Crippen molar-refractivity contribution in [1.82, 2.24) is 14.8 Å². The molecule has 0 spiro atoms. The number of aryl methyl sites for hydroxylation is 2. The Kier molecular flexibility index (Phi) is 2.44. The molecule has 1 aromatic heterocycles. The van der Waals surface area contributed by atoms with E-state index in [0.29, 0.717) is 0 Å². The second-order valence-corrected chi connectivity index (χ2v) is 4.69. The fourth-order valence-electron chi connectivity index (χ4n) is 2.15. The van der Waals surface area contributed by atoms with Gasteiger partial charge in [0.25, 0.3) is 0 Å². The third-order valence-corrected chi connectivity index (χ3v) is 3.21. The summed E-state index contributed by atoms with van der Waals surface area (Å²) in [5.41, 5.74) is 8.26. The average molecular weight is 228 g/mol. The fraction of sp³-hybridized carbons (Fsp3) is 0.385. The molecule has 0 bridgehead atoms. The molecule has 4 nitrogen and oxygen atoms in total. The molecule has 2 heterocycles. The van der Waals surface area contributed by atoms with Crippen molar-refractivity contribution >= 4 is 0 Å². The number of rotatable bonds is 1. The van der Waals surface area contributed by atoms with Crippen LogP contribution >= 0.6 is 0 Å². The normalized spacial score (nSPS) is 19.1. The zero-order valence-electron chi connectivity index (χ0n) is 9.93. The smallest absolute Gasteiger partial charge is 0.181 e. The molecule has 88 valence electrons. The SMILES string of the molecule is Cc1ccc(-c2nc3n(n2)CCC(N)C3)cc1. The Morgan fingerprint density at radius 1 is 1.29 bits per heavy atom. The van der Waals surface area contributed by atoms with Crippen molar-refractivity contribution in [2.24, 2.45) is 5.73 Å². The quantitative estimate of drug-likeness (QED) is 0.805. The minimum atomic E-state index is 0.234. The lowest BCUT2D eigenvalue weighted by molar-refractivity contribution is 0.433. The molecule has 0 saturated heterocycles. The number of nitrogens with zero attached hydrogens (tertiary/aromatic N) is 3. The molecular weight excluding hydrogens is 212 g/mol. The van der Waals surface area contributed by atoms with E-state index in [1.807, 2.05) is 4.68 Å². The average Bonchev–Trinajstić information content (AvgIpc) is 2.72. The predicted molar refractivity (Wildman–Crippen MR) is 66.5 cm³/mol. The highest BCUT2D eigenvalue weighted by Gasteiger charge is 2.19. The van der Waals surface area contributed by atoms with Crippen LogP contribution in [0, 0.1) is 6.92 Å². The van der Waals surface area contributed by atoms with E-state index < -0.39 is 0 Å². The molecule has 3 rings (SSSR count). The van der Waals surface area contributed by atoms with Gasteiger partial charge in [0.05, 0.1) is 0 Å². The first-order chi connectivity index (χ1) is 8.22. The van der Waals surface area contributed by atoms with Crippen LogP contribution in [0.1, 0.15) is 17.8 Å². The Labute approximate surface area is 100 Å². The Balaban J connectivity index is 1.97. The highest BCUT2D eigenvalue weighted by Crippen LogP contribution is 2.19. The molecular formula is C13H16N4. The lowest BCUT2D eigenvalue weighted by atomic mass is 10.1. The molecule has 0 aliphatic carbocycles. The van der Waals surface area contributed by atoms with Gasteiger partial charge >= 0.3 is 0 Å². The van der Waals surface area contributed by atoms with Crippen LogP contribution in [-0.2, 0) is 13.0 Å². The van der Waals surface area contributed by atoms with E-state index in [1.54, 1.807) is 0 Å².